The molecule has 1 saturated carbocycles. The number of nitrogens with one attached hydrogen (secondary N) is 1. The summed E-state index contributed by atoms with van der Waals surface area (Å²) in [5.41, 5.74) is 3.53. The van der Waals surface area contributed by atoms with E-state index in [0.29, 0.717) is 12.0 Å². The highest BCUT2D eigenvalue weighted by Gasteiger charge is 2.29. The van der Waals surface area contributed by atoms with Gasteiger partial charge in [0, 0.05) is 30.2 Å². The van der Waals surface area contributed by atoms with Gasteiger partial charge in [-0.15, -0.1) is 11.3 Å². The maximum absolute atomic E-state index is 4.84. The standard InChI is InChI=1S/C15H22N4S/c1-9(2)13-8-20-15(17-13)14(16-11-5-6-11)12-7-19(4)18-10(12)3/h7-9,11,14,16H,5-6H2,1-4H3. The lowest BCUT2D eigenvalue weighted by Gasteiger charge is -2.15. The summed E-state index contributed by atoms with van der Waals surface area (Å²) < 4.78 is 1.89. The maximum atomic E-state index is 4.84. The molecule has 108 valence electrons. The van der Waals surface area contributed by atoms with Crippen molar-refractivity contribution in [2.75, 3.05) is 0 Å². The minimum atomic E-state index is 0.189. The van der Waals surface area contributed by atoms with Crippen LogP contribution >= 0.6 is 11.3 Å². The Morgan fingerprint density at radius 3 is 2.65 bits per heavy atom. The third-order valence-corrected chi connectivity index (χ3v) is 4.65. The zero-order chi connectivity index (χ0) is 14.3. The van der Waals surface area contributed by atoms with Gasteiger partial charge in [-0.2, -0.15) is 5.10 Å². The van der Waals surface area contributed by atoms with Crippen molar-refractivity contribution in [2.45, 2.75) is 51.6 Å². The van der Waals surface area contributed by atoms with Crippen molar-refractivity contribution in [1.82, 2.24) is 20.1 Å². The number of nitrogens with zero attached hydrogens (tertiary/aromatic N) is 3. The van der Waals surface area contributed by atoms with E-state index in [-0.39, 0.29) is 6.04 Å². The molecule has 1 N–H and O–H groups in total. The first-order chi connectivity index (χ1) is 9.54. The molecule has 0 aliphatic heterocycles. The molecule has 1 unspecified atom stereocenters. The second-order valence-electron chi connectivity index (χ2n) is 5.98. The topological polar surface area (TPSA) is 42.7 Å². The minimum Gasteiger partial charge on any atom is -0.301 e. The van der Waals surface area contributed by atoms with Crippen molar-refractivity contribution in [3.8, 4) is 0 Å². The Morgan fingerprint density at radius 1 is 1.40 bits per heavy atom. The van der Waals surface area contributed by atoms with Crippen LogP contribution in [0.2, 0.25) is 0 Å². The summed E-state index contributed by atoms with van der Waals surface area (Å²) in [5, 5.41) is 11.6. The van der Waals surface area contributed by atoms with Gasteiger partial charge in [-0.1, -0.05) is 13.8 Å². The van der Waals surface area contributed by atoms with Crippen LogP contribution in [0, 0.1) is 6.92 Å². The van der Waals surface area contributed by atoms with Gasteiger partial charge < -0.3 is 5.32 Å². The molecule has 0 aromatic carbocycles. The molecule has 0 spiro atoms. The highest BCUT2D eigenvalue weighted by atomic mass is 32.1. The zero-order valence-corrected chi connectivity index (χ0v) is 13.4. The third kappa shape index (κ3) is 2.79. The Labute approximate surface area is 124 Å². The number of thiazole rings is 1. The summed E-state index contributed by atoms with van der Waals surface area (Å²) in [4.78, 5) is 4.84. The van der Waals surface area contributed by atoms with Gasteiger partial charge in [0.05, 0.1) is 17.4 Å². The van der Waals surface area contributed by atoms with E-state index in [9.17, 15) is 0 Å². The van der Waals surface area contributed by atoms with Gasteiger partial charge in [-0.3, -0.25) is 4.68 Å². The van der Waals surface area contributed by atoms with Crippen LogP contribution in [0.4, 0.5) is 0 Å². The second-order valence-corrected chi connectivity index (χ2v) is 6.87. The first kappa shape index (κ1) is 13.8. The Hall–Kier alpha value is -1.20. The van der Waals surface area contributed by atoms with Crippen molar-refractivity contribution in [3.63, 3.8) is 0 Å². The Bertz CT molecular complexity index is 595. The third-order valence-electron chi connectivity index (χ3n) is 3.72. The second kappa shape index (κ2) is 5.30. The molecule has 1 atom stereocenters. The van der Waals surface area contributed by atoms with Crippen LogP contribution < -0.4 is 5.32 Å². The van der Waals surface area contributed by atoms with Crippen molar-refractivity contribution in [3.05, 3.63) is 33.5 Å². The van der Waals surface area contributed by atoms with Gasteiger partial charge in [0.2, 0.25) is 0 Å². The first-order valence-electron chi connectivity index (χ1n) is 7.26. The van der Waals surface area contributed by atoms with Crippen LogP contribution in [0.3, 0.4) is 0 Å². The number of rotatable bonds is 5. The van der Waals surface area contributed by atoms with E-state index in [1.54, 1.807) is 11.3 Å². The average molecular weight is 290 g/mol. The predicted molar refractivity (Wildman–Crippen MR) is 82.1 cm³/mol. The monoisotopic (exact) mass is 290 g/mol. The molecule has 1 aliphatic carbocycles. The molecule has 1 aliphatic rings. The van der Waals surface area contributed by atoms with Crippen LogP contribution in [-0.4, -0.2) is 20.8 Å². The van der Waals surface area contributed by atoms with Gasteiger partial charge in [-0.25, -0.2) is 4.98 Å². The van der Waals surface area contributed by atoms with Crippen molar-refractivity contribution < 1.29 is 0 Å². The van der Waals surface area contributed by atoms with Crippen LogP contribution in [-0.2, 0) is 7.05 Å². The van der Waals surface area contributed by atoms with Gasteiger partial charge in [-0.05, 0) is 25.7 Å². The van der Waals surface area contributed by atoms with Crippen molar-refractivity contribution in [1.29, 1.82) is 0 Å². The number of hydrogen-bond donors (Lipinski definition) is 1. The summed E-state index contributed by atoms with van der Waals surface area (Å²) >= 11 is 1.76. The summed E-state index contributed by atoms with van der Waals surface area (Å²) in [6.45, 7) is 6.46. The average Bonchev–Trinajstić information content (AvgIpc) is 2.95. The smallest absolute Gasteiger partial charge is 0.115 e. The molecule has 2 aromatic rings. The zero-order valence-electron chi connectivity index (χ0n) is 12.6. The van der Waals surface area contributed by atoms with Gasteiger partial charge in [0.25, 0.3) is 0 Å². The largest absolute Gasteiger partial charge is 0.301 e. The van der Waals surface area contributed by atoms with E-state index >= 15 is 0 Å². The first-order valence-corrected chi connectivity index (χ1v) is 8.14. The van der Waals surface area contributed by atoms with Crippen molar-refractivity contribution >= 4 is 11.3 Å². The quantitative estimate of drug-likeness (QED) is 0.920. The van der Waals surface area contributed by atoms with E-state index in [2.05, 4.69) is 42.8 Å². The summed E-state index contributed by atoms with van der Waals surface area (Å²) in [5.74, 6) is 0.483. The Balaban J connectivity index is 1.94. The summed E-state index contributed by atoms with van der Waals surface area (Å²) in [7, 11) is 1.98. The van der Waals surface area contributed by atoms with Crippen LogP contribution in [0.15, 0.2) is 11.6 Å². The summed E-state index contributed by atoms with van der Waals surface area (Å²) in [6.07, 6.45) is 4.67. The van der Waals surface area contributed by atoms with Crippen LogP contribution in [0.1, 0.15) is 60.6 Å². The maximum Gasteiger partial charge on any atom is 0.115 e. The van der Waals surface area contributed by atoms with E-state index in [1.807, 2.05) is 11.7 Å². The lowest BCUT2D eigenvalue weighted by atomic mass is 10.1. The van der Waals surface area contributed by atoms with Gasteiger partial charge >= 0.3 is 0 Å². The molecule has 4 nitrogen and oxygen atoms in total. The molecule has 1 fully saturated rings. The lowest BCUT2D eigenvalue weighted by molar-refractivity contribution is 0.592. The molecule has 0 saturated heterocycles. The SMILES string of the molecule is Cc1nn(C)cc1C(NC1CC1)c1nc(C(C)C)cs1. The number of hydrogen-bond acceptors (Lipinski definition) is 4. The molecule has 5 heteroatoms. The highest BCUT2D eigenvalue weighted by molar-refractivity contribution is 7.09. The fraction of sp³-hybridized carbons (Fsp3) is 0.600. The van der Waals surface area contributed by atoms with Crippen LogP contribution in [0.25, 0.3) is 0 Å². The molecular weight excluding hydrogens is 268 g/mol. The van der Waals surface area contributed by atoms with Crippen molar-refractivity contribution in [2.24, 2.45) is 7.05 Å². The Morgan fingerprint density at radius 2 is 2.15 bits per heavy atom. The van der Waals surface area contributed by atoms with Gasteiger partial charge in [0.15, 0.2) is 0 Å². The fourth-order valence-electron chi connectivity index (χ4n) is 2.38. The van der Waals surface area contributed by atoms with Crippen LogP contribution in [0.5, 0.6) is 0 Å². The Kier molecular flexibility index (Phi) is 3.65. The number of aromatic nitrogens is 3. The molecular formula is C15H22N4S. The molecule has 2 heterocycles. The van der Waals surface area contributed by atoms with E-state index < -0.39 is 0 Å². The molecule has 2 aromatic heterocycles. The normalized spacial score (nSPS) is 16.9. The van der Waals surface area contributed by atoms with Gasteiger partial charge in [0.1, 0.15) is 5.01 Å². The number of aryl methyl sites for hydroxylation is 2. The minimum absolute atomic E-state index is 0.189. The van der Waals surface area contributed by atoms with E-state index in [4.69, 9.17) is 4.98 Å². The molecule has 0 amide bonds. The molecule has 0 bridgehead atoms. The lowest BCUT2D eigenvalue weighted by Crippen LogP contribution is -2.24. The fourth-order valence-corrected chi connectivity index (χ4v) is 3.44. The summed E-state index contributed by atoms with van der Waals surface area (Å²) in [6, 6.07) is 0.833. The van der Waals surface area contributed by atoms with E-state index in [1.165, 1.54) is 24.1 Å². The molecule has 20 heavy (non-hydrogen) atoms. The molecule has 3 rings (SSSR count). The highest BCUT2D eigenvalue weighted by Crippen LogP contribution is 2.32. The molecule has 0 radical (unpaired) electrons. The van der Waals surface area contributed by atoms with E-state index in [0.717, 1.165) is 10.7 Å². The predicted octanol–water partition coefficient (Wildman–Crippen LogP) is 3.15.